The molecule has 2 rings (SSSR count). The number of halogens is 1. The number of nitrogens with zero attached hydrogens (tertiary/aromatic N) is 1. The van der Waals surface area contributed by atoms with Crippen LogP contribution in [0.15, 0.2) is 21.7 Å². The summed E-state index contributed by atoms with van der Waals surface area (Å²) in [4.78, 5) is 10.8. The first-order valence-electron chi connectivity index (χ1n) is 4.67. The molecule has 0 aromatic heterocycles. The fraction of sp³-hybridized carbons (Fsp3) is 0.200. The van der Waals surface area contributed by atoms with Gasteiger partial charge in [0.1, 0.15) is 0 Å². The van der Waals surface area contributed by atoms with Gasteiger partial charge in [-0.25, -0.2) is 10.2 Å². The maximum atomic E-state index is 10.8. The van der Waals surface area contributed by atoms with Crippen LogP contribution >= 0.6 is 15.9 Å². The zero-order valence-electron chi connectivity index (χ0n) is 8.90. The summed E-state index contributed by atoms with van der Waals surface area (Å²) in [5, 5.41) is 3.72. The van der Waals surface area contributed by atoms with E-state index in [1.807, 2.05) is 0 Å². The van der Waals surface area contributed by atoms with E-state index in [4.69, 9.17) is 9.47 Å². The highest BCUT2D eigenvalue weighted by Crippen LogP contribution is 2.36. The lowest BCUT2D eigenvalue weighted by atomic mass is 10.2. The molecule has 17 heavy (non-hydrogen) atoms. The van der Waals surface area contributed by atoms with Crippen molar-refractivity contribution in [3.05, 3.63) is 22.2 Å². The van der Waals surface area contributed by atoms with E-state index in [2.05, 4.69) is 31.2 Å². The van der Waals surface area contributed by atoms with Crippen LogP contribution in [-0.4, -0.2) is 26.2 Å². The van der Waals surface area contributed by atoms with Crippen molar-refractivity contribution in [2.75, 3.05) is 13.9 Å². The molecule has 0 atom stereocenters. The Bertz CT molecular complexity index is 476. The minimum atomic E-state index is -0.627. The van der Waals surface area contributed by atoms with Crippen molar-refractivity contribution in [3.8, 4) is 11.5 Å². The summed E-state index contributed by atoms with van der Waals surface area (Å²) in [7, 11) is 1.27. The number of amides is 1. The summed E-state index contributed by atoms with van der Waals surface area (Å²) >= 11 is 3.36. The Labute approximate surface area is 106 Å². The minimum absolute atomic E-state index is 0.211. The molecule has 0 bridgehead atoms. The first kappa shape index (κ1) is 11.7. The van der Waals surface area contributed by atoms with Gasteiger partial charge in [0.2, 0.25) is 6.79 Å². The summed E-state index contributed by atoms with van der Waals surface area (Å²) in [5.74, 6) is 1.32. The fourth-order valence-corrected chi connectivity index (χ4v) is 1.66. The van der Waals surface area contributed by atoms with E-state index in [-0.39, 0.29) is 6.79 Å². The third-order valence-electron chi connectivity index (χ3n) is 2.04. The molecule has 1 amide bonds. The molecule has 0 unspecified atom stereocenters. The van der Waals surface area contributed by atoms with Gasteiger partial charge in [-0.2, -0.15) is 5.10 Å². The Balaban J connectivity index is 2.13. The second-order valence-corrected chi connectivity index (χ2v) is 3.94. The molecule has 1 aliphatic rings. The van der Waals surface area contributed by atoms with Crippen molar-refractivity contribution in [2.24, 2.45) is 5.10 Å². The number of hydrazone groups is 1. The molecule has 0 saturated heterocycles. The molecule has 6 nitrogen and oxygen atoms in total. The molecular weight excluding hydrogens is 292 g/mol. The van der Waals surface area contributed by atoms with Gasteiger partial charge >= 0.3 is 6.09 Å². The molecule has 1 N–H and O–H groups in total. The van der Waals surface area contributed by atoms with E-state index in [1.165, 1.54) is 13.3 Å². The highest BCUT2D eigenvalue weighted by atomic mass is 79.9. The number of rotatable bonds is 2. The molecule has 1 heterocycles. The van der Waals surface area contributed by atoms with Gasteiger partial charge in [-0.05, 0) is 28.1 Å². The predicted molar refractivity (Wildman–Crippen MR) is 63.4 cm³/mol. The molecule has 1 aromatic rings. The Hall–Kier alpha value is -1.76. The molecule has 1 aliphatic heterocycles. The molecule has 0 radical (unpaired) electrons. The summed E-state index contributed by atoms with van der Waals surface area (Å²) in [6, 6.07) is 3.54. The number of hydrogen-bond acceptors (Lipinski definition) is 5. The van der Waals surface area contributed by atoms with Crippen molar-refractivity contribution in [3.63, 3.8) is 0 Å². The second-order valence-electron chi connectivity index (χ2n) is 3.09. The number of carbonyl (C=O) groups excluding carboxylic acids is 1. The van der Waals surface area contributed by atoms with Crippen LogP contribution in [0.1, 0.15) is 5.56 Å². The largest absolute Gasteiger partial charge is 0.454 e. The Morgan fingerprint density at radius 3 is 2.94 bits per heavy atom. The van der Waals surface area contributed by atoms with Crippen LogP contribution in [0.25, 0.3) is 0 Å². The van der Waals surface area contributed by atoms with Gasteiger partial charge in [-0.1, -0.05) is 0 Å². The molecule has 90 valence electrons. The van der Waals surface area contributed by atoms with Crippen LogP contribution in [0.3, 0.4) is 0 Å². The van der Waals surface area contributed by atoms with E-state index in [0.29, 0.717) is 11.5 Å². The second kappa shape index (κ2) is 5.05. The van der Waals surface area contributed by atoms with Crippen LogP contribution in [0.5, 0.6) is 11.5 Å². The maximum absolute atomic E-state index is 10.8. The van der Waals surface area contributed by atoms with E-state index < -0.39 is 6.09 Å². The number of nitrogens with one attached hydrogen (secondary N) is 1. The Kier molecular flexibility index (Phi) is 3.48. The number of hydrogen-bond donors (Lipinski definition) is 1. The van der Waals surface area contributed by atoms with Crippen molar-refractivity contribution in [1.29, 1.82) is 0 Å². The van der Waals surface area contributed by atoms with E-state index in [9.17, 15) is 4.79 Å². The fourth-order valence-electron chi connectivity index (χ4n) is 1.23. The van der Waals surface area contributed by atoms with Gasteiger partial charge in [-0.3, -0.25) is 0 Å². The van der Waals surface area contributed by atoms with Crippen molar-refractivity contribution in [2.45, 2.75) is 0 Å². The number of ether oxygens (including phenoxy) is 3. The minimum Gasteiger partial charge on any atom is -0.454 e. The lowest BCUT2D eigenvalue weighted by molar-refractivity contribution is 0.171. The Morgan fingerprint density at radius 1 is 1.53 bits per heavy atom. The van der Waals surface area contributed by atoms with Gasteiger partial charge in [0.15, 0.2) is 11.5 Å². The Morgan fingerprint density at radius 2 is 2.24 bits per heavy atom. The molecule has 0 aliphatic carbocycles. The molecule has 0 spiro atoms. The number of carbonyl (C=O) groups is 1. The van der Waals surface area contributed by atoms with E-state index in [0.717, 1.165) is 10.0 Å². The number of benzene rings is 1. The van der Waals surface area contributed by atoms with Gasteiger partial charge < -0.3 is 14.2 Å². The summed E-state index contributed by atoms with van der Waals surface area (Å²) in [5.41, 5.74) is 2.95. The highest BCUT2D eigenvalue weighted by Gasteiger charge is 2.15. The zero-order chi connectivity index (χ0) is 12.3. The lowest BCUT2D eigenvalue weighted by Gasteiger charge is -2.01. The first-order valence-corrected chi connectivity index (χ1v) is 5.46. The summed E-state index contributed by atoms with van der Waals surface area (Å²) < 4.78 is 15.6. The number of fused-ring (bicyclic) bond motifs is 1. The van der Waals surface area contributed by atoms with Crippen LogP contribution in [0, 0.1) is 0 Å². The molecule has 0 saturated carbocycles. The van der Waals surface area contributed by atoms with Gasteiger partial charge in [-0.15, -0.1) is 0 Å². The van der Waals surface area contributed by atoms with Crippen LogP contribution in [0.2, 0.25) is 0 Å². The predicted octanol–water partition coefficient (Wildman–Crippen LogP) is 1.87. The summed E-state index contributed by atoms with van der Waals surface area (Å²) in [6.07, 6.45) is 0.848. The third-order valence-corrected chi connectivity index (χ3v) is 2.72. The van der Waals surface area contributed by atoms with Crippen LogP contribution in [0.4, 0.5) is 4.79 Å². The lowest BCUT2D eigenvalue weighted by Crippen LogP contribution is -2.16. The molecule has 0 fully saturated rings. The maximum Gasteiger partial charge on any atom is 0.427 e. The first-order chi connectivity index (χ1) is 8.20. The molecule has 7 heteroatoms. The normalized spacial score (nSPS) is 12.8. The van der Waals surface area contributed by atoms with E-state index in [1.54, 1.807) is 12.1 Å². The number of methoxy groups -OCH3 is 1. The topological polar surface area (TPSA) is 69.2 Å². The standard InChI is InChI=1S/C10H9BrN2O4/c1-15-10(14)13-12-4-6-2-8-9(3-7(6)11)17-5-16-8/h2-4H,5H2,1H3,(H,13,14)/b12-4+. The molecule has 1 aromatic carbocycles. The van der Waals surface area contributed by atoms with Gasteiger partial charge in [0.05, 0.1) is 13.3 Å². The quantitative estimate of drug-likeness (QED) is 0.669. The monoisotopic (exact) mass is 300 g/mol. The van der Waals surface area contributed by atoms with Crippen LogP contribution < -0.4 is 14.9 Å². The average molecular weight is 301 g/mol. The summed E-state index contributed by atoms with van der Waals surface area (Å²) in [6.45, 7) is 0.211. The van der Waals surface area contributed by atoms with Crippen molar-refractivity contribution in [1.82, 2.24) is 5.43 Å². The third kappa shape index (κ3) is 2.68. The van der Waals surface area contributed by atoms with Gasteiger partial charge in [0.25, 0.3) is 0 Å². The van der Waals surface area contributed by atoms with E-state index >= 15 is 0 Å². The average Bonchev–Trinajstić information content (AvgIpc) is 2.76. The highest BCUT2D eigenvalue weighted by molar-refractivity contribution is 9.10. The smallest absolute Gasteiger partial charge is 0.427 e. The SMILES string of the molecule is COC(=O)N/N=C/c1cc2c(cc1Br)OCO2. The molecular formula is C10H9BrN2O4. The van der Waals surface area contributed by atoms with Gasteiger partial charge in [0, 0.05) is 10.0 Å². The van der Waals surface area contributed by atoms with Crippen molar-refractivity contribution >= 4 is 28.2 Å². The van der Waals surface area contributed by atoms with Crippen molar-refractivity contribution < 1.29 is 19.0 Å². The zero-order valence-corrected chi connectivity index (χ0v) is 10.5. The van der Waals surface area contributed by atoms with Crippen LogP contribution in [-0.2, 0) is 4.74 Å².